The number of hydrogen-bond acceptors (Lipinski definition) is 2. The monoisotopic (exact) mass is 290 g/mol. The molecule has 0 rings (SSSR count). The van der Waals surface area contributed by atoms with E-state index in [9.17, 15) is 19.8 Å². The molecule has 0 unspecified atom stereocenters. The molecular weight excluding hydrogens is 268 g/mol. The predicted octanol–water partition coefficient (Wildman–Crippen LogP) is 3.69. The maximum Gasteiger partial charge on any atom is 0.324 e. The molecular formula is C14H23ClO4. The first-order chi connectivity index (χ1) is 8.82. The second kappa shape index (κ2) is 8.20. The molecule has 0 aliphatic carbocycles. The highest BCUT2D eigenvalue weighted by atomic mass is 35.5. The Morgan fingerprint density at radius 3 is 2.00 bits per heavy atom. The lowest BCUT2D eigenvalue weighted by Crippen LogP contribution is -2.39. The summed E-state index contributed by atoms with van der Waals surface area (Å²) in [6.07, 6.45) is 3.64. The molecule has 0 aliphatic rings. The van der Waals surface area contributed by atoms with Gasteiger partial charge in [0.2, 0.25) is 0 Å². The van der Waals surface area contributed by atoms with Gasteiger partial charge in [-0.1, -0.05) is 18.9 Å². The molecule has 0 aromatic carbocycles. The van der Waals surface area contributed by atoms with Crippen molar-refractivity contribution in [3.8, 4) is 0 Å². The second-order valence-corrected chi connectivity index (χ2v) is 5.23. The minimum atomic E-state index is -1.83. The number of carboxylic acid groups (broad SMARTS) is 2. The first-order valence-corrected chi connectivity index (χ1v) is 7.07. The minimum Gasteiger partial charge on any atom is -0.480 e. The standard InChI is InChI=1S/C14H23ClO4/c1-4-10(2)11(8-6-5-7-9-15)14(3,12(16)17)13(18)19/h4-9H2,1-3H3,(H,16,17)(H,18,19). The van der Waals surface area contributed by atoms with Crippen LogP contribution in [0.1, 0.15) is 52.9 Å². The number of alkyl halides is 1. The fourth-order valence-electron chi connectivity index (χ4n) is 2.03. The molecule has 0 radical (unpaired) electrons. The van der Waals surface area contributed by atoms with Crippen LogP contribution < -0.4 is 0 Å². The number of allylic oxidation sites excluding steroid dienone is 1. The lowest BCUT2D eigenvalue weighted by atomic mass is 9.76. The van der Waals surface area contributed by atoms with E-state index in [1.807, 2.05) is 6.92 Å². The van der Waals surface area contributed by atoms with Gasteiger partial charge in [0.05, 0.1) is 0 Å². The van der Waals surface area contributed by atoms with Crippen molar-refractivity contribution >= 4 is 23.5 Å². The van der Waals surface area contributed by atoms with Crippen LogP contribution in [-0.2, 0) is 9.59 Å². The number of unbranched alkanes of at least 4 members (excludes halogenated alkanes) is 2. The van der Waals surface area contributed by atoms with Gasteiger partial charge in [-0.3, -0.25) is 9.59 Å². The Balaban J connectivity index is 5.25. The minimum absolute atomic E-state index is 0.492. The maximum atomic E-state index is 11.4. The molecule has 0 saturated heterocycles. The van der Waals surface area contributed by atoms with Gasteiger partial charge >= 0.3 is 11.9 Å². The first-order valence-electron chi connectivity index (χ1n) is 6.54. The van der Waals surface area contributed by atoms with Crippen molar-refractivity contribution < 1.29 is 19.8 Å². The zero-order valence-electron chi connectivity index (χ0n) is 11.8. The predicted molar refractivity (Wildman–Crippen MR) is 75.6 cm³/mol. The van der Waals surface area contributed by atoms with Crippen LogP contribution >= 0.6 is 11.6 Å². The van der Waals surface area contributed by atoms with Crippen LogP contribution in [0.3, 0.4) is 0 Å². The largest absolute Gasteiger partial charge is 0.480 e. The van der Waals surface area contributed by atoms with Crippen LogP contribution in [0.4, 0.5) is 0 Å². The highest BCUT2D eigenvalue weighted by molar-refractivity contribution is 6.17. The number of hydrogen-bond donors (Lipinski definition) is 2. The van der Waals surface area contributed by atoms with Crippen molar-refractivity contribution in [2.45, 2.75) is 52.9 Å². The van der Waals surface area contributed by atoms with Gasteiger partial charge in [0.25, 0.3) is 0 Å². The molecule has 19 heavy (non-hydrogen) atoms. The van der Waals surface area contributed by atoms with E-state index in [4.69, 9.17) is 11.6 Å². The molecule has 5 heteroatoms. The molecule has 110 valence electrons. The summed E-state index contributed by atoms with van der Waals surface area (Å²) in [6, 6.07) is 0. The Hall–Kier alpha value is -1.03. The van der Waals surface area contributed by atoms with Gasteiger partial charge in [0.15, 0.2) is 5.41 Å². The lowest BCUT2D eigenvalue weighted by molar-refractivity contribution is -0.160. The van der Waals surface area contributed by atoms with E-state index in [1.54, 1.807) is 6.92 Å². The second-order valence-electron chi connectivity index (χ2n) is 4.85. The van der Waals surface area contributed by atoms with E-state index in [-0.39, 0.29) is 0 Å². The molecule has 0 aromatic heterocycles. The topological polar surface area (TPSA) is 74.6 Å². The summed E-state index contributed by atoms with van der Waals surface area (Å²) in [5, 5.41) is 18.6. The molecule has 4 nitrogen and oxygen atoms in total. The maximum absolute atomic E-state index is 11.4. The fourth-order valence-corrected chi connectivity index (χ4v) is 2.22. The third-order valence-corrected chi connectivity index (χ3v) is 3.83. The number of halogens is 1. The van der Waals surface area contributed by atoms with Gasteiger partial charge in [0.1, 0.15) is 0 Å². The van der Waals surface area contributed by atoms with E-state index >= 15 is 0 Å². The fraction of sp³-hybridized carbons (Fsp3) is 0.714. The Kier molecular flexibility index (Phi) is 7.76. The van der Waals surface area contributed by atoms with Gasteiger partial charge in [-0.05, 0) is 45.1 Å². The van der Waals surface area contributed by atoms with E-state index in [0.29, 0.717) is 24.3 Å². The molecule has 0 saturated carbocycles. The van der Waals surface area contributed by atoms with Crippen LogP contribution in [-0.4, -0.2) is 28.0 Å². The average molecular weight is 291 g/mol. The van der Waals surface area contributed by atoms with Crippen LogP contribution in [0.25, 0.3) is 0 Å². The molecule has 0 aliphatic heterocycles. The Labute approximate surface area is 119 Å². The summed E-state index contributed by atoms with van der Waals surface area (Å²) in [7, 11) is 0. The van der Waals surface area contributed by atoms with Crippen LogP contribution in [0, 0.1) is 5.41 Å². The third kappa shape index (κ3) is 4.53. The van der Waals surface area contributed by atoms with Gasteiger partial charge in [0, 0.05) is 5.88 Å². The Bertz CT molecular complexity index is 346. The summed E-state index contributed by atoms with van der Waals surface area (Å²) in [4.78, 5) is 22.8. The van der Waals surface area contributed by atoms with E-state index in [0.717, 1.165) is 24.8 Å². The van der Waals surface area contributed by atoms with Crippen LogP contribution in [0.15, 0.2) is 11.1 Å². The van der Waals surface area contributed by atoms with E-state index in [1.165, 1.54) is 6.92 Å². The summed E-state index contributed by atoms with van der Waals surface area (Å²) in [5.74, 6) is -2.04. The van der Waals surface area contributed by atoms with Crippen LogP contribution in [0.2, 0.25) is 0 Å². The van der Waals surface area contributed by atoms with Crippen molar-refractivity contribution in [3.05, 3.63) is 11.1 Å². The zero-order valence-corrected chi connectivity index (χ0v) is 12.6. The summed E-state index contributed by atoms with van der Waals surface area (Å²) >= 11 is 5.60. The highest BCUT2D eigenvalue weighted by Gasteiger charge is 2.45. The number of aliphatic carboxylic acids is 2. The molecule has 2 N–H and O–H groups in total. The number of carboxylic acids is 2. The molecule has 0 amide bonds. The molecule has 0 atom stereocenters. The van der Waals surface area contributed by atoms with Gasteiger partial charge in [-0.25, -0.2) is 0 Å². The van der Waals surface area contributed by atoms with E-state index in [2.05, 4.69) is 0 Å². The average Bonchev–Trinajstić information content (AvgIpc) is 2.36. The van der Waals surface area contributed by atoms with Crippen molar-refractivity contribution in [2.24, 2.45) is 5.41 Å². The van der Waals surface area contributed by atoms with Crippen molar-refractivity contribution in [1.82, 2.24) is 0 Å². The molecule has 0 fully saturated rings. The number of carbonyl (C=O) groups is 2. The van der Waals surface area contributed by atoms with Crippen molar-refractivity contribution in [1.29, 1.82) is 0 Å². The lowest BCUT2D eigenvalue weighted by Gasteiger charge is -2.26. The smallest absolute Gasteiger partial charge is 0.324 e. The zero-order chi connectivity index (χ0) is 15.1. The SMILES string of the molecule is CCC(C)=C(CCCCCCl)C(C)(C(=O)O)C(=O)O. The van der Waals surface area contributed by atoms with Gasteiger partial charge in [-0.2, -0.15) is 0 Å². The summed E-state index contributed by atoms with van der Waals surface area (Å²) in [6.45, 7) is 4.98. The Morgan fingerprint density at radius 1 is 1.11 bits per heavy atom. The first kappa shape index (κ1) is 18.0. The molecule has 0 aromatic rings. The Morgan fingerprint density at radius 2 is 1.63 bits per heavy atom. The number of rotatable bonds is 9. The molecule has 0 bridgehead atoms. The third-order valence-electron chi connectivity index (χ3n) is 3.56. The van der Waals surface area contributed by atoms with Gasteiger partial charge in [-0.15, -0.1) is 11.6 Å². The van der Waals surface area contributed by atoms with Gasteiger partial charge < -0.3 is 10.2 Å². The normalized spacial score (nSPS) is 13.1. The molecule has 0 spiro atoms. The molecule has 0 heterocycles. The summed E-state index contributed by atoms with van der Waals surface area (Å²) < 4.78 is 0. The van der Waals surface area contributed by atoms with Crippen molar-refractivity contribution in [2.75, 3.05) is 5.88 Å². The highest BCUT2D eigenvalue weighted by Crippen LogP contribution is 2.35. The van der Waals surface area contributed by atoms with Crippen LogP contribution in [0.5, 0.6) is 0 Å². The summed E-state index contributed by atoms with van der Waals surface area (Å²) in [5.41, 5.74) is -0.469. The quantitative estimate of drug-likeness (QED) is 0.294. The van der Waals surface area contributed by atoms with E-state index < -0.39 is 17.4 Å². The van der Waals surface area contributed by atoms with Crippen molar-refractivity contribution in [3.63, 3.8) is 0 Å².